The van der Waals surface area contributed by atoms with E-state index in [-0.39, 0.29) is 6.03 Å². The highest BCUT2D eigenvalue weighted by Gasteiger charge is 2.10. The Labute approximate surface area is 157 Å². The standard InChI is InChI=1S/C19H21N5O3/c1-26-14-6-7-15(17(13-14)27-2)23-19(25)22-10-12-24-11-9-21-18(24)16-5-3-4-8-20-16/h3-9,11,13H,10,12H2,1-2H3,(H2,22,23,25). The minimum atomic E-state index is -0.321. The van der Waals surface area contributed by atoms with E-state index in [4.69, 9.17) is 9.47 Å². The van der Waals surface area contributed by atoms with Crippen LogP contribution in [0.4, 0.5) is 10.5 Å². The summed E-state index contributed by atoms with van der Waals surface area (Å²) in [6.07, 6.45) is 5.30. The Morgan fingerprint density at radius 3 is 2.74 bits per heavy atom. The quantitative estimate of drug-likeness (QED) is 0.670. The predicted molar refractivity (Wildman–Crippen MR) is 102 cm³/mol. The molecule has 8 nitrogen and oxygen atoms in total. The molecule has 0 bridgehead atoms. The van der Waals surface area contributed by atoms with Crippen molar-refractivity contribution in [2.75, 3.05) is 26.1 Å². The van der Waals surface area contributed by atoms with Crippen LogP contribution < -0.4 is 20.1 Å². The Morgan fingerprint density at radius 2 is 2.00 bits per heavy atom. The SMILES string of the molecule is COc1ccc(NC(=O)NCCn2ccnc2-c2ccccn2)c(OC)c1. The smallest absolute Gasteiger partial charge is 0.319 e. The first kappa shape index (κ1) is 18.2. The van der Waals surface area contributed by atoms with E-state index in [1.54, 1.807) is 37.7 Å². The molecule has 0 unspecified atom stereocenters. The van der Waals surface area contributed by atoms with Gasteiger partial charge in [0, 0.05) is 37.7 Å². The van der Waals surface area contributed by atoms with Gasteiger partial charge in [-0.25, -0.2) is 9.78 Å². The number of amides is 2. The fraction of sp³-hybridized carbons (Fsp3) is 0.211. The van der Waals surface area contributed by atoms with Gasteiger partial charge >= 0.3 is 6.03 Å². The number of benzene rings is 1. The first-order chi connectivity index (χ1) is 13.2. The van der Waals surface area contributed by atoms with E-state index in [0.29, 0.717) is 30.3 Å². The molecule has 3 aromatic rings. The van der Waals surface area contributed by atoms with E-state index in [9.17, 15) is 4.79 Å². The number of urea groups is 1. The van der Waals surface area contributed by atoms with Gasteiger partial charge in [0.2, 0.25) is 0 Å². The number of pyridine rings is 1. The van der Waals surface area contributed by atoms with Crippen LogP contribution in [0.1, 0.15) is 0 Å². The molecule has 0 aliphatic carbocycles. The molecule has 0 radical (unpaired) electrons. The van der Waals surface area contributed by atoms with Crippen molar-refractivity contribution in [1.29, 1.82) is 0 Å². The lowest BCUT2D eigenvalue weighted by molar-refractivity contribution is 0.251. The Balaban J connectivity index is 1.56. The van der Waals surface area contributed by atoms with Gasteiger partial charge in [0.05, 0.1) is 19.9 Å². The van der Waals surface area contributed by atoms with Crippen molar-refractivity contribution in [1.82, 2.24) is 19.9 Å². The van der Waals surface area contributed by atoms with Gasteiger partial charge < -0.3 is 24.7 Å². The van der Waals surface area contributed by atoms with Crippen LogP contribution in [-0.4, -0.2) is 41.3 Å². The molecule has 0 saturated heterocycles. The number of methoxy groups -OCH3 is 2. The summed E-state index contributed by atoms with van der Waals surface area (Å²) in [5, 5.41) is 5.59. The van der Waals surface area contributed by atoms with Gasteiger partial charge in [-0.3, -0.25) is 4.98 Å². The monoisotopic (exact) mass is 367 g/mol. The second kappa shape index (κ2) is 8.70. The van der Waals surface area contributed by atoms with Gasteiger partial charge in [-0.15, -0.1) is 0 Å². The van der Waals surface area contributed by atoms with Crippen molar-refractivity contribution in [3.05, 3.63) is 55.0 Å². The topological polar surface area (TPSA) is 90.3 Å². The van der Waals surface area contributed by atoms with Gasteiger partial charge in [-0.05, 0) is 24.3 Å². The van der Waals surface area contributed by atoms with Crippen LogP contribution in [0.3, 0.4) is 0 Å². The van der Waals surface area contributed by atoms with Crippen LogP contribution in [0.5, 0.6) is 11.5 Å². The van der Waals surface area contributed by atoms with Crippen LogP contribution >= 0.6 is 0 Å². The maximum absolute atomic E-state index is 12.2. The predicted octanol–water partition coefficient (Wildman–Crippen LogP) is 2.78. The molecule has 8 heteroatoms. The van der Waals surface area contributed by atoms with E-state index in [2.05, 4.69) is 20.6 Å². The largest absolute Gasteiger partial charge is 0.497 e. The zero-order valence-corrected chi connectivity index (χ0v) is 15.2. The normalized spacial score (nSPS) is 10.3. The summed E-state index contributed by atoms with van der Waals surface area (Å²) in [6.45, 7) is 1.000. The van der Waals surface area contributed by atoms with Crippen molar-refractivity contribution >= 4 is 11.7 Å². The third-order valence-corrected chi connectivity index (χ3v) is 3.90. The highest BCUT2D eigenvalue weighted by molar-refractivity contribution is 5.91. The van der Waals surface area contributed by atoms with Crippen LogP contribution in [-0.2, 0) is 6.54 Å². The van der Waals surface area contributed by atoms with Crippen molar-refractivity contribution in [2.45, 2.75) is 6.54 Å². The van der Waals surface area contributed by atoms with E-state index < -0.39 is 0 Å². The maximum Gasteiger partial charge on any atom is 0.319 e. The highest BCUT2D eigenvalue weighted by Crippen LogP contribution is 2.28. The molecule has 3 rings (SSSR count). The van der Waals surface area contributed by atoms with Crippen molar-refractivity contribution < 1.29 is 14.3 Å². The van der Waals surface area contributed by atoms with Crippen LogP contribution in [0.25, 0.3) is 11.5 Å². The molecule has 27 heavy (non-hydrogen) atoms. The van der Waals surface area contributed by atoms with E-state index >= 15 is 0 Å². The Bertz CT molecular complexity index is 895. The van der Waals surface area contributed by atoms with Crippen LogP contribution in [0.15, 0.2) is 55.0 Å². The molecule has 2 amide bonds. The average molecular weight is 367 g/mol. The maximum atomic E-state index is 12.2. The summed E-state index contributed by atoms with van der Waals surface area (Å²) in [4.78, 5) is 20.8. The minimum Gasteiger partial charge on any atom is -0.497 e. The van der Waals surface area contributed by atoms with Crippen LogP contribution in [0.2, 0.25) is 0 Å². The molecule has 2 N–H and O–H groups in total. The third-order valence-electron chi connectivity index (χ3n) is 3.90. The Hall–Kier alpha value is -3.55. The van der Waals surface area contributed by atoms with Crippen LogP contribution in [0, 0.1) is 0 Å². The number of imidazole rings is 1. The number of anilines is 1. The van der Waals surface area contributed by atoms with Crippen molar-refractivity contribution in [2.24, 2.45) is 0 Å². The zero-order valence-electron chi connectivity index (χ0n) is 15.2. The molecule has 1 aromatic carbocycles. The first-order valence-electron chi connectivity index (χ1n) is 8.40. The highest BCUT2D eigenvalue weighted by atomic mass is 16.5. The number of hydrogen-bond donors (Lipinski definition) is 2. The Morgan fingerprint density at radius 1 is 1.11 bits per heavy atom. The second-order valence-corrected chi connectivity index (χ2v) is 5.61. The molecule has 2 heterocycles. The zero-order chi connectivity index (χ0) is 19.1. The molecule has 0 saturated carbocycles. The number of aromatic nitrogens is 3. The third kappa shape index (κ3) is 4.55. The summed E-state index contributed by atoms with van der Waals surface area (Å²) >= 11 is 0. The van der Waals surface area contributed by atoms with Gasteiger partial charge in [-0.1, -0.05) is 6.07 Å². The number of ether oxygens (including phenoxy) is 2. The summed E-state index contributed by atoms with van der Waals surface area (Å²) in [5.41, 5.74) is 1.35. The summed E-state index contributed by atoms with van der Waals surface area (Å²) in [7, 11) is 3.11. The lowest BCUT2D eigenvalue weighted by Gasteiger charge is -2.13. The number of hydrogen-bond acceptors (Lipinski definition) is 5. The molecule has 0 fully saturated rings. The molecular formula is C19H21N5O3. The number of carbonyl (C=O) groups is 1. The first-order valence-corrected chi connectivity index (χ1v) is 8.40. The van der Waals surface area contributed by atoms with E-state index in [0.717, 1.165) is 11.5 Å². The van der Waals surface area contributed by atoms with Crippen molar-refractivity contribution in [3.63, 3.8) is 0 Å². The molecule has 2 aromatic heterocycles. The van der Waals surface area contributed by atoms with Gasteiger partial charge in [0.1, 0.15) is 17.2 Å². The second-order valence-electron chi connectivity index (χ2n) is 5.61. The Kier molecular flexibility index (Phi) is 5.88. The number of carbonyl (C=O) groups excluding carboxylic acids is 1. The minimum absolute atomic E-state index is 0.321. The van der Waals surface area contributed by atoms with Gasteiger partial charge in [-0.2, -0.15) is 0 Å². The summed E-state index contributed by atoms with van der Waals surface area (Å²) in [6, 6.07) is 10.5. The molecule has 0 aliphatic rings. The molecule has 0 atom stereocenters. The number of rotatable bonds is 7. The number of nitrogens with zero attached hydrogens (tertiary/aromatic N) is 3. The number of nitrogens with one attached hydrogen (secondary N) is 2. The fourth-order valence-electron chi connectivity index (χ4n) is 2.58. The van der Waals surface area contributed by atoms with Gasteiger partial charge in [0.25, 0.3) is 0 Å². The lowest BCUT2D eigenvalue weighted by Crippen LogP contribution is -2.31. The molecule has 140 valence electrons. The average Bonchev–Trinajstić information content (AvgIpc) is 3.17. The molecule has 0 aliphatic heterocycles. The molecular weight excluding hydrogens is 346 g/mol. The van der Waals surface area contributed by atoms with Gasteiger partial charge in [0.15, 0.2) is 5.82 Å². The van der Waals surface area contributed by atoms with E-state index in [1.807, 2.05) is 29.0 Å². The lowest BCUT2D eigenvalue weighted by atomic mass is 10.2. The summed E-state index contributed by atoms with van der Waals surface area (Å²) < 4.78 is 12.4. The molecule has 0 spiro atoms. The fourth-order valence-corrected chi connectivity index (χ4v) is 2.58. The van der Waals surface area contributed by atoms with E-state index in [1.165, 1.54) is 7.11 Å². The summed E-state index contributed by atoms with van der Waals surface area (Å²) in [5.74, 6) is 1.94. The van der Waals surface area contributed by atoms with Crippen molar-refractivity contribution in [3.8, 4) is 23.0 Å².